The number of hydrogen-bond donors (Lipinski definition) is 2. The van der Waals surface area contributed by atoms with Crippen molar-refractivity contribution in [3.05, 3.63) is 24.0 Å². The second-order valence-corrected chi connectivity index (χ2v) is 5.79. The van der Waals surface area contributed by atoms with Crippen LogP contribution < -0.4 is 0 Å². The molecule has 0 radical (unpaired) electrons. The predicted molar refractivity (Wildman–Crippen MR) is 78.1 cm³/mol. The first-order valence-electron chi connectivity index (χ1n) is 7.53. The Kier molecular flexibility index (Phi) is 3.82. The highest BCUT2D eigenvalue weighted by Gasteiger charge is 2.25. The number of hydrogen-bond acceptors (Lipinski definition) is 5. The largest absolute Gasteiger partial charge is 0.508 e. The number of nitrogens with zero attached hydrogens (tertiary/aromatic N) is 2. The van der Waals surface area contributed by atoms with E-state index in [1.54, 1.807) is 6.07 Å². The van der Waals surface area contributed by atoms with Crippen LogP contribution in [-0.2, 0) is 0 Å². The molecule has 0 atom stereocenters. The first-order valence-corrected chi connectivity index (χ1v) is 7.53. The SMILES string of the molecule is CCC1CCC(c2noc(-c3ccc(O)cc3O)n2)CC1. The maximum Gasteiger partial charge on any atom is 0.261 e. The van der Waals surface area contributed by atoms with E-state index in [2.05, 4.69) is 17.1 Å². The van der Waals surface area contributed by atoms with Gasteiger partial charge in [-0.2, -0.15) is 4.98 Å². The van der Waals surface area contributed by atoms with E-state index in [9.17, 15) is 10.2 Å². The zero-order valence-electron chi connectivity index (χ0n) is 12.1. The highest BCUT2D eigenvalue weighted by Crippen LogP contribution is 2.37. The lowest BCUT2D eigenvalue weighted by Crippen LogP contribution is -2.13. The maximum atomic E-state index is 9.84. The molecular formula is C16H20N2O3. The topological polar surface area (TPSA) is 79.4 Å². The van der Waals surface area contributed by atoms with Crippen LogP contribution in [-0.4, -0.2) is 20.4 Å². The third-order valence-corrected chi connectivity index (χ3v) is 4.44. The van der Waals surface area contributed by atoms with Crippen molar-refractivity contribution < 1.29 is 14.7 Å². The predicted octanol–water partition coefficient (Wildman–Crippen LogP) is 3.83. The second-order valence-electron chi connectivity index (χ2n) is 5.79. The Bertz CT molecular complexity index is 616. The molecular weight excluding hydrogens is 268 g/mol. The minimum Gasteiger partial charge on any atom is -0.508 e. The summed E-state index contributed by atoms with van der Waals surface area (Å²) in [6, 6.07) is 4.34. The molecule has 5 nitrogen and oxygen atoms in total. The Labute approximate surface area is 123 Å². The van der Waals surface area contributed by atoms with E-state index >= 15 is 0 Å². The fourth-order valence-corrected chi connectivity index (χ4v) is 3.04. The Morgan fingerprint density at radius 2 is 1.95 bits per heavy atom. The van der Waals surface area contributed by atoms with Gasteiger partial charge in [-0.05, 0) is 43.7 Å². The van der Waals surface area contributed by atoms with Gasteiger partial charge in [-0.25, -0.2) is 0 Å². The smallest absolute Gasteiger partial charge is 0.261 e. The lowest BCUT2D eigenvalue weighted by atomic mass is 9.80. The summed E-state index contributed by atoms with van der Waals surface area (Å²) in [6.45, 7) is 2.24. The van der Waals surface area contributed by atoms with Gasteiger partial charge in [-0.1, -0.05) is 18.5 Å². The molecule has 1 aliphatic rings. The van der Waals surface area contributed by atoms with Gasteiger partial charge in [0, 0.05) is 12.0 Å². The molecule has 1 fully saturated rings. The summed E-state index contributed by atoms with van der Waals surface area (Å²) in [4.78, 5) is 4.43. The minimum atomic E-state index is -0.0557. The molecule has 3 rings (SSSR count). The molecule has 1 saturated carbocycles. The number of phenolic OH excluding ortho intramolecular Hbond substituents is 2. The Balaban J connectivity index is 1.77. The van der Waals surface area contributed by atoms with Crippen LogP contribution in [0, 0.1) is 5.92 Å². The quantitative estimate of drug-likeness (QED) is 0.897. The van der Waals surface area contributed by atoms with Crippen molar-refractivity contribution in [2.45, 2.75) is 44.9 Å². The molecule has 2 aromatic rings. The van der Waals surface area contributed by atoms with Crippen molar-refractivity contribution in [1.29, 1.82) is 0 Å². The fraction of sp³-hybridized carbons (Fsp3) is 0.500. The van der Waals surface area contributed by atoms with Gasteiger partial charge in [0.25, 0.3) is 5.89 Å². The molecule has 1 aromatic carbocycles. The lowest BCUT2D eigenvalue weighted by molar-refractivity contribution is 0.305. The Morgan fingerprint density at radius 1 is 1.19 bits per heavy atom. The molecule has 0 aliphatic heterocycles. The third-order valence-electron chi connectivity index (χ3n) is 4.44. The zero-order valence-corrected chi connectivity index (χ0v) is 12.1. The highest BCUT2D eigenvalue weighted by molar-refractivity contribution is 5.63. The summed E-state index contributed by atoms with van der Waals surface area (Å²) in [5.41, 5.74) is 0.453. The van der Waals surface area contributed by atoms with Crippen molar-refractivity contribution in [1.82, 2.24) is 10.1 Å². The minimum absolute atomic E-state index is 0.00822. The molecule has 1 heterocycles. The van der Waals surface area contributed by atoms with E-state index in [4.69, 9.17) is 4.52 Å². The molecule has 112 valence electrons. The number of aromatic nitrogens is 2. The van der Waals surface area contributed by atoms with Crippen LogP contribution in [0.15, 0.2) is 22.7 Å². The van der Waals surface area contributed by atoms with Crippen molar-refractivity contribution in [3.63, 3.8) is 0 Å². The summed E-state index contributed by atoms with van der Waals surface area (Å²) >= 11 is 0. The van der Waals surface area contributed by atoms with Crippen molar-refractivity contribution >= 4 is 0 Å². The van der Waals surface area contributed by atoms with E-state index in [1.165, 1.54) is 31.4 Å². The molecule has 0 unspecified atom stereocenters. The van der Waals surface area contributed by atoms with Gasteiger partial charge in [0.05, 0.1) is 5.56 Å². The molecule has 5 heteroatoms. The standard InChI is InChI=1S/C16H20N2O3/c1-2-10-3-5-11(6-4-10)15-17-16(21-18-15)13-8-7-12(19)9-14(13)20/h7-11,19-20H,2-6H2,1H3. The summed E-state index contributed by atoms with van der Waals surface area (Å²) < 4.78 is 5.28. The molecule has 21 heavy (non-hydrogen) atoms. The highest BCUT2D eigenvalue weighted by atomic mass is 16.5. The van der Waals surface area contributed by atoms with E-state index < -0.39 is 0 Å². The number of aromatic hydroxyl groups is 2. The van der Waals surface area contributed by atoms with Crippen molar-refractivity contribution in [2.24, 2.45) is 5.92 Å². The van der Waals surface area contributed by atoms with Crippen LogP contribution in [0.3, 0.4) is 0 Å². The van der Waals surface area contributed by atoms with E-state index in [0.717, 1.165) is 24.6 Å². The summed E-state index contributed by atoms with van der Waals surface area (Å²) in [7, 11) is 0. The van der Waals surface area contributed by atoms with Crippen molar-refractivity contribution in [3.8, 4) is 23.0 Å². The molecule has 2 N–H and O–H groups in total. The lowest BCUT2D eigenvalue weighted by Gasteiger charge is -2.25. The molecule has 0 saturated heterocycles. The molecule has 0 spiro atoms. The Hall–Kier alpha value is -2.04. The van der Waals surface area contributed by atoms with Crippen LogP contribution in [0.25, 0.3) is 11.5 Å². The van der Waals surface area contributed by atoms with Crippen LogP contribution in [0.1, 0.15) is 50.8 Å². The third kappa shape index (κ3) is 2.86. The monoisotopic (exact) mass is 288 g/mol. The van der Waals surface area contributed by atoms with Crippen LogP contribution in [0.2, 0.25) is 0 Å². The van der Waals surface area contributed by atoms with Crippen LogP contribution in [0.5, 0.6) is 11.5 Å². The average molecular weight is 288 g/mol. The first-order chi connectivity index (χ1) is 10.2. The van der Waals surface area contributed by atoms with E-state index in [0.29, 0.717) is 17.4 Å². The van der Waals surface area contributed by atoms with Gasteiger partial charge in [-0.15, -0.1) is 0 Å². The van der Waals surface area contributed by atoms with Crippen LogP contribution in [0.4, 0.5) is 0 Å². The molecule has 0 amide bonds. The summed E-state index contributed by atoms with van der Waals surface area (Å²) in [5, 5.41) is 23.2. The van der Waals surface area contributed by atoms with Gasteiger partial charge in [0.15, 0.2) is 5.82 Å². The van der Waals surface area contributed by atoms with Crippen LogP contribution >= 0.6 is 0 Å². The van der Waals surface area contributed by atoms with Gasteiger partial charge in [-0.3, -0.25) is 0 Å². The van der Waals surface area contributed by atoms with Gasteiger partial charge in [0.1, 0.15) is 11.5 Å². The molecule has 1 aliphatic carbocycles. The number of benzene rings is 1. The second kappa shape index (κ2) is 5.76. The van der Waals surface area contributed by atoms with Crippen molar-refractivity contribution in [2.75, 3.05) is 0 Å². The molecule has 1 aromatic heterocycles. The number of phenols is 2. The van der Waals surface area contributed by atoms with Gasteiger partial charge >= 0.3 is 0 Å². The molecule has 0 bridgehead atoms. The number of rotatable bonds is 3. The average Bonchev–Trinajstić information content (AvgIpc) is 2.97. The normalized spacial score (nSPS) is 22.3. The zero-order chi connectivity index (χ0) is 14.8. The van der Waals surface area contributed by atoms with E-state index in [1.807, 2.05) is 0 Å². The van der Waals surface area contributed by atoms with Gasteiger partial charge in [0.2, 0.25) is 0 Å². The van der Waals surface area contributed by atoms with E-state index in [-0.39, 0.29) is 11.5 Å². The summed E-state index contributed by atoms with van der Waals surface area (Å²) in [6.07, 6.45) is 5.87. The van der Waals surface area contributed by atoms with Gasteiger partial charge < -0.3 is 14.7 Å². The fourth-order valence-electron chi connectivity index (χ4n) is 3.04. The first kappa shape index (κ1) is 13.9. The Morgan fingerprint density at radius 3 is 2.62 bits per heavy atom. The summed E-state index contributed by atoms with van der Waals surface area (Å²) in [5.74, 6) is 2.17. The maximum absolute atomic E-state index is 9.84.